The van der Waals surface area contributed by atoms with E-state index in [4.69, 9.17) is 5.10 Å². The second-order valence-electron chi connectivity index (χ2n) is 8.17. The third-order valence-corrected chi connectivity index (χ3v) is 7.10. The summed E-state index contributed by atoms with van der Waals surface area (Å²) < 4.78 is 1.85. The summed E-state index contributed by atoms with van der Waals surface area (Å²) in [5.74, 6) is -2.64. The van der Waals surface area contributed by atoms with Crippen LogP contribution < -0.4 is 15.5 Å². The summed E-state index contributed by atoms with van der Waals surface area (Å²) in [6.07, 6.45) is 16.0. The maximum absolute atomic E-state index is 13.6. The summed E-state index contributed by atoms with van der Waals surface area (Å²) in [4.78, 5) is 29.3. The molecular weight excluding hydrogens is 444 g/mol. The van der Waals surface area contributed by atoms with Crippen molar-refractivity contribution in [2.75, 3.05) is 11.9 Å². The maximum Gasteiger partial charge on any atom is 0.252 e. The Hall–Kier alpha value is -3.89. The van der Waals surface area contributed by atoms with Crippen LogP contribution in [0.1, 0.15) is 29.4 Å². The van der Waals surface area contributed by atoms with Gasteiger partial charge in [0.15, 0.2) is 5.92 Å². The summed E-state index contributed by atoms with van der Waals surface area (Å²) in [5.41, 5.74) is 1.88. The van der Waals surface area contributed by atoms with Gasteiger partial charge in [-0.15, -0.1) is 0 Å². The minimum atomic E-state index is -1.48. The molecule has 1 atom stereocenters. The molecule has 0 bridgehead atoms. The Balaban J connectivity index is 1.62. The van der Waals surface area contributed by atoms with E-state index in [-0.39, 0.29) is 11.7 Å². The van der Waals surface area contributed by atoms with E-state index >= 15 is 0 Å². The largest absolute Gasteiger partial charge is 0.314 e. The fourth-order valence-corrected chi connectivity index (χ4v) is 5.27. The molecule has 1 aliphatic heterocycles. The van der Waals surface area contributed by atoms with Gasteiger partial charge in [-0.2, -0.15) is 10.4 Å². The first-order valence-electron chi connectivity index (χ1n) is 11.1. The molecule has 168 valence electrons. The lowest BCUT2D eigenvalue weighted by molar-refractivity contribution is -0.119. The van der Waals surface area contributed by atoms with Crippen LogP contribution in [0.2, 0.25) is 0 Å². The van der Waals surface area contributed by atoms with Gasteiger partial charge in [-0.3, -0.25) is 14.3 Å². The first kappa shape index (κ1) is 21.9. The van der Waals surface area contributed by atoms with Crippen molar-refractivity contribution in [3.63, 3.8) is 0 Å². The topological polar surface area (TPSA) is 79.0 Å². The molecule has 1 aromatic heterocycles. The van der Waals surface area contributed by atoms with Gasteiger partial charge in [-0.25, -0.2) is 0 Å². The van der Waals surface area contributed by atoms with Gasteiger partial charge in [0.25, 0.3) is 5.91 Å². The van der Waals surface area contributed by atoms with Gasteiger partial charge in [0.1, 0.15) is 5.69 Å². The highest BCUT2D eigenvalue weighted by molar-refractivity contribution is 8.10. The smallest absolute Gasteiger partial charge is 0.252 e. The van der Waals surface area contributed by atoms with E-state index in [0.717, 1.165) is 28.7 Å². The van der Waals surface area contributed by atoms with E-state index in [2.05, 4.69) is 36.5 Å². The number of para-hydroxylation sites is 1. The predicted molar refractivity (Wildman–Crippen MR) is 134 cm³/mol. The van der Waals surface area contributed by atoms with Crippen LogP contribution in [-0.4, -0.2) is 28.5 Å². The summed E-state index contributed by atoms with van der Waals surface area (Å²) >= 11 is 1.54. The number of nitriles is 1. The standard InChI is InChI=1S/C27H22N4O2S/c1-30(18-10-4-2-5-11-18)27(33)21(16-28)26(32)24-22-17-34-23-15-9-8-14-20(23)25(22)31(29-24)19-12-6-3-7-13-19/h2,4-13,15,17,19,21H,3,14H2,1H3. The number of hydrogen-bond donors (Lipinski definition) is 0. The molecule has 34 heavy (non-hydrogen) atoms. The fourth-order valence-electron chi connectivity index (χ4n) is 4.32. The third kappa shape index (κ3) is 3.76. The lowest BCUT2D eigenvalue weighted by Gasteiger charge is -2.19. The lowest BCUT2D eigenvalue weighted by Crippen LogP contribution is -2.40. The van der Waals surface area contributed by atoms with Gasteiger partial charge in [0.05, 0.1) is 17.5 Å². The zero-order valence-electron chi connectivity index (χ0n) is 18.6. The molecule has 0 saturated carbocycles. The first-order chi connectivity index (χ1) is 16.6. The second kappa shape index (κ2) is 9.16. The highest BCUT2D eigenvalue weighted by Crippen LogP contribution is 2.33. The number of anilines is 1. The minimum Gasteiger partial charge on any atom is -0.314 e. The van der Waals surface area contributed by atoms with Crippen molar-refractivity contribution in [2.45, 2.75) is 18.9 Å². The molecule has 2 aromatic rings. The van der Waals surface area contributed by atoms with E-state index < -0.39 is 17.6 Å². The highest BCUT2D eigenvalue weighted by Gasteiger charge is 2.34. The van der Waals surface area contributed by atoms with E-state index in [1.54, 1.807) is 43.1 Å². The number of carbonyl (C=O) groups is 2. The van der Waals surface area contributed by atoms with Crippen molar-refractivity contribution >= 4 is 40.1 Å². The summed E-state index contributed by atoms with van der Waals surface area (Å²) in [6.45, 7) is 0. The molecule has 2 aliphatic carbocycles. The number of aromatic nitrogens is 2. The number of nitrogens with zero attached hydrogens (tertiary/aromatic N) is 4. The van der Waals surface area contributed by atoms with Gasteiger partial charge in [-0.05, 0) is 42.0 Å². The zero-order valence-corrected chi connectivity index (χ0v) is 19.4. The van der Waals surface area contributed by atoms with Crippen LogP contribution in [0.25, 0.3) is 11.0 Å². The van der Waals surface area contributed by atoms with E-state index in [0.29, 0.717) is 10.9 Å². The van der Waals surface area contributed by atoms with Gasteiger partial charge in [-0.1, -0.05) is 66.4 Å². The number of allylic oxidation sites excluding steroid dienone is 8. The Bertz CT molecular complexity index is 1440. The molecule has 0 fully saturated rings. The second-order valence-corrected chi connectivity index (χ2v) is 9.09. The molecule has 0 N–H and O–H groups in total. The summed E-state index contributed by atoms with van der Waals surface area (Å²) in [6, 6.07) is 10.8. The number of rotatable bonds is 5. The van der Waals surface area contributed by atoms with Crippen molar-refractivity contribution < 1.29 is 9.59 Å². The number of Topliss-reactive ketones (excluding diaryl/α,β-unsaturated/α-hetero) is 1. The van der Waals surface area contributed by atoms with E-state index in [9.17, 15) is 14.9 Å². The van der Waals surface area contributed by atoms with Crippen LogP contribution in [0, 0.1) is 17.2 Å². The highest BCUT2D eigenvalue weighted by atomic mass is 32.2. The molecule has 3 aliphatic rings. The Morgan fingerprint density at radius 3 is 2.71 bits per heavy atom. The number of fused-ring (bicyclic) bond motifs is 2. The molecule has 0 radical (unpaired) electrons. The van der Waals surface area contributed by atoms with Gasteiger partial charge >= 0.3 is 0 Å². The monoisotopic (exact) mass is 466 g/mol. The summed E-state index contributed by atoms with van der Waals surface area (Å²) in [7, 11) is 1.57. The van der Waals surface area contributed by atoms with Crippen LogP contribution in [0.4, 0.5) is 5.69 Å². The normalized spacial score (nSPS) is 17.2. The molecule has 0 spiro atoms. The Kier molecular flexibility index (Phi) is 5.91. The molecule has 1 aromatic carbocycles. The average molecular weight is 467 g/mol. The van der Waals surface area contributed by atoms with Crippen molar-refractivity contribution in [2.24, 2.45) is 5.92 Å². The van der Waals surface area contributed by atoms with Crippen LogP contribution in [0.15, 0.2) is 77.8 Å². The number of hydrogen-bond acceptors (Lipinski definition) is 5. The molecule has 5 rings (SSSR count). The van der Waals surface area contributed by atoms with E-state index in [1.807, 2.05) is 28.3 Å². The van der Waals surface area contributed by atoms with Crippen LogP contribution in [0.5, 0.6) is 0 Å². The van der Waals surface area contributed by atoms with Crippen molar-refractivity contribution in [1.82, 2.24) is 9.78 Å². The first-order valence-corrected chi connectivity index (χ1v) is 11.9. The van der Waals surface area contributed by atoms with Crippen molar-refractivity contribution in [3.05, 3.63) is 94.0 Å². The van der Waals surface area contributed by atoms with Gasteiger partial charge in [0, 0.05) is 22.9 Å². The van der Waals surface area contributed by atoms with E-state index in [1.165, 1.54) is 4.90 Å². The fraction of sp³-hybridized carbons (Fsp3) is 0.185. The Morgan fingerprint density at radius 1 is 1.21 bits per heavy atom. The number of benzene rings is 1. The minimum absolute atomic E-state index is 0.136. The molecule has 0 saturated heterocycles. The molecule has 1 amide bonds. The maximum atomic E-state index is 13.6. The molecule has 1 unspecified atom stereocenters. The number of thioether (sulfide) groups is 1. The average Bonchev–Trinajstić information content (AvgIpc) is 3.30. The lowest BCUT2D eigenvalue weighted by atomic mass is 9.99. The Labute approximate surface area is 201 Å². The number of ketones is 1. The van der Waals surface area contributed by atoms with Gasteiger partial charge < -0.3 is 4.90 Å². The predicted octanol–water partition coefficient (Wildman–Crippen LogP) is 3.41. The summed E-state index contributed by atoms with van der Waals surface area (Å²) in [5, 5.41) is 18.0. The molecule has 6 nitrogen and oxygen atoms in total. The molecule has 7 heteroatoms. The molecule has 2 heterocycles. The number of carbonyl (C=O) groups excluding carboxylic acids is 2. The van der Waals surface area contributed by atoms with Crippen molar-refractivity contribution in [1.29, 1.82) is 5.26 Å². The number of amides is 1. The van der Waals surface area contributed by atoms with Crippen LogP contribution in [0.3, 0.4) is 0 Å². The van der Waals surface area contributed by atoms with Crippen molar-refractivity contribution in [3.8, 4) is 6.07 Å². The Morgan fingerprint density at radius 2 is 1.97 bits per heavy atom. The van der Waals surface area contributed by atoms with Gasteiger partial charge in [0.2, 0.25) is 5.78 Å². The third-order valence-electron chi connectivity index (χ3n) is 6.11. The SMILES string of the molecule is CN(C(=O)C(C#N)C(=O)c1nn(C2C=CCC=C2)c2c1=CSC1=CC=CCC=21)c1ccccc1. The quantitative estimate of drug-likeness (QED) is 0.383. The molecular formula is C27H22N4O2S. The van der Waals surface area contributed by atoms with Crippen LogP contribution >= 0.6 is 11.8 Å². The zero-order chi connectivity index (χ0) is 23.7. The van der Waals surface area contributed by atoms with Crippen LogP contribution in [-0.2, 0) is 4.79 Å².